The van der Waals surface area contributed by atoms with Gasteiger partial charge in [-0.15, -0.1) is 0 Å². The first-order chi connectivity index (χ1) is 15.5. The van der Waals surface area contributed by atoms with Crippen LogP contribution in [0, 0.1) is 18.3 Å². The van der Waals surface area contributed by atoms with E-state index >= 15 is 0 Å². The largest absolute Gasteiger partial charge is 0.503 e. The number of nitriles is 1. The molecule has 3 aromatic carbocycles. The van der Waals surface area contributed by atoms with Crippen LogP contribution in [0.25, 0.3) is 0 Å². The molecule has 0 saturated carbocycles. The van der Waals surface area contributed by atoms with Gasteiger partial charge in [0.15, 0.2) is 11.5 Å². The van der Waals surface area contributed by atoms with E-state index in [4.69, 9.17) is 5.26 Å². The summed E-state index contributed by atoms with van der Waals surface area (Å²) in [6.07, 6.45) is 0.697. The van der Waals surface area contributed by atoms with E-state index in [0.717, 1.165) is 16.7 Å². The molecule has 0 aliphatic carbocycles. The second-order valence-corrected chi connectivity index (χ2v) is 7.76. The molecule has 5 heteroatoms. The van der Waals surface area contributed by atoms with Gasteiger partial charge in [-0.1, -0.05) is 54.6 Å². The van der Waals surface area contributed by atoms with Gasteiger partial charge in [-0.25, -0.2) is 0 Å². The van der Waals surface area contributed by atoms with E-state index in [1.165, 1.54) is 4.90 Å². The van der Waals surface area contributed by atoms with Gasteiger partial charge in [0.25, 0.3) is 5.91 Å². The summed E-state index contributed by atoms with van der Waals surface area (Å²) in [5, 5.41) is 19.9. The molecule has 1 unspecified atom stereocenters. The Balaban J connectivity index is 1.74. The monoisotopic (exact) mass is 422 g/mol. The van der Waals surface area contributed by atoms with Gasteiger partial charge in [0.2, 0.25) is 0 Å². The molecule has 0 aromatic heterocycles. The molecule has 1 N–H and O–H groups in total. The van der Waals surface area contributed by atoms with Gasteiger partial charge >= 0.3 is 0 Å². The molecule has 5 nitrogen and oxygen atoms in total. The van der Waals surface area contributed by atoms with Crippen molar-refractivity contribution in [3.8, 4) is 6.07 Å². The number of anilines is 1. The first kappa shape index (κ1) is 21.1. The topological polar surface area (TPSA) is 81.4 Å². The predicted molar refractivity (Wildman–Crippen MR) is 122 cm³/mol. The van der Waals surface area contributed by atoms with E-state index < -0.39 is 17.7 Å². The fraction of sp³-hybridized carbons (Fsp3) is 0.148. The molecular weight excluding hydrogens is 400 g/mol. The van der Waals surface area contributed by atoms with Crippen LogP contribution in [0.3, 0.4) is 0 Å². The van der Waals surface area contributed by atoms with Crippen LogP contribution in [0.5, 0.6) is 0 Å². The summed E-state index contributed by atoms with van der Waals surface area (Å²) in [5.41, 5.74) is 3.79. The average molecular weight is 422 g/mol. The van der Waals surface area contributed by atoms with E-state index in [9.17, 15) is 14.7 Å². The fourth-order valence-electron chi connectivity index (χ4n) is 4.08. The van der Waals surface area contributed by atoms with E-state index in [0.29, 0.717) is 17.7 Å². The number of carbonyl (C=O) groups excluding carboxylic acids is 2. The third-order valence-electron chi connectivity index (χ3n) is 5.75. The first-order valence-corrected chi connectivity index (χ1v) is 10.4. The number of rotatable bonds is 6. The molecule has 1 aliphatic heterocycles. The summed E-state index contributed by atoms with van der Waals surface area (Å²) in [7, 11) is 0. The lowest BCUT2D eigenvalue weighted by Gasteiger charge is -2.28. The third kappa shape index (κ3) is 3.91. The van der Waals surface area contributed by atoms with Gasteiger partial charge in [0.1, 0.15) is 0 Å². The van der Waals surface area contributed by atoms with E-state index in [1.54, 1.807) is 24.3 Å². The molecular formula is C27H22N2O3. The van der Waals surface area contributed by atoms with Crippen LogP contribution in [0.2, 0.25) is 0 Å². The van der Waals surface area contributed by atoms with E-state index in [1.807, 2.05) is 61.5 Å². The van der Waals surface area contributed by atoms with Crippen molar-refractivity contribution in [2.75, 3.05) is 4.90 Å². The van der Waals surface area contributed by atoms with Crippen LogP contribution in [0.1, 0.15) is 34.7 Å². The number of nitrogens with zero attached hydrogens (tertiary/aromatic N) is 2. The van der Waals surface area contributed by atoms with E-state index in [-0.39, 0.29) is 17.8 Å². The van der Waals surface area contributed by atoms with Crippen LogP contribution in [-0.2, 0) is 16.0 Å². The summed E-state index contributed by atoms with van der Waals surface area (Å²) >= 11 is 0. The Kier molecular flexibility index (Phi) is 5.87. The number of hydrogen-bond acceptors (Lipinski definition) is 4. The number of ketones is 1. The van der Waals surface area contributed by atoms with Crippen LogP contribution in [-0.4, -0.2) is 16.8 Å². The summed E-state index contributed by atoms with van der Waals surface area (Å²) < 4.78 is 0. The minimum Gasteiger partial charge on any atom is -0.503 e. The maximum absolute atomic E-state index is 13.3. The first-order valence-electron chi connectivity index (χ1n) is 10.4. The Morgan fingerprint density at radius 1 is 1.00 bits per heavy atom. The van der Waals surface area contributed by atoms with E-state index in [2.05, 4.69) is 6.07 Å². The number of aliphatic hydroxyl groups is 1. The Labute approximate surface area is 186 Å². The zero-order chi connectivity index (χ0) is 22.7. The van der Waals surface area contributed by atoms with Gasteiger partial charge in [0, 0.05) is 12.1 Å². The highest BCUT2D eigenvalue weighted by atomic mass is 16.3. The van der Waals surface area contributed by atoms with Gasteiger partial charge in [0.05, 0.1) is 23.2 Å². The lowest BCUT2D eigenvalue weighted by Crippen LogP contribution is -2.31. The molecule has 4 rings (SSSR count). The quantitative estimate of drug-likeness (QED) is 0.608. The standard InChI is InChI=1S/C27H22N2O3/c1-18-7-5-6-10-22(18)25-24(23(30)16-13-19-8-3-2-4-9-19)26(31)27(32)29(25)21-14-11-20(17-28)12-15-21/h2-12,14-15,25,31H,13,16H2,1H3. The zero-order valence-corrected chi connectivity index (χ0v) is 17.7. The van der Waals surface area contributed by atoms with Crippen molar-refractivity contribution >= 4 is 17.4 Å². The third-order valence-corrected chi connectivity index (χ3v) is 5.75. The second kappa shape index (κ2) is 8.91. The molecule has 0 radical (unpaired) electrons. The Morgan fingerprint density at radius 3 is 2.31 bits per heavy atom. The Bertz CT molecular complexity index is 1240. The van der Waals surface area contributed by atoms with Crippen molar-refractivity contribution in [3.05, 3.63) is 112 Å². The summed E-state index contributed by atoms with van der Waals surface area (Å²) in [4.78, 5) is 27.9. The minimum absolute atomic E-state index is 0.115. The van der Waals surface area contributed by atoms with Crippen molar-refractivity contribution < 1.29 is 14.7 Å². The molecule has 1 atom stereocenters. The number of carbonyl (C=O) groups is 2. The number of Topliss-reactive ketones (excluding diaryl/α,β-unsaturated/α-hetero) is 1. The highest BCUT2D eigenvalue weighted by Crippen LogP contribution is 2.42. The van der Waals surface area contributed by atoms with Crippen LogP contribution in [0.4, 0.5) is 5.69 Å². The number of aliphatic hydroxyl groups excluding tert-OH is 1. The van der Waals surface area contributed by atoms with Crippen LogP contribution in [0.15, 0.2) is 90.2 Å². The molecule has 0 bridgehead atoms. The zero-order valence-electron chi connectivity index (χ0n) is 17.7. The van der Waals surface area contributed by atoms with Gasteiger partial charge in [-0.05, 0) is 54.3 Å². The molecule has 0 spiro atoms. The highest BCUT2D eigenvalue weighted by molar-refractivity contribution is 6.16. The van der Waals surface area contributed by atoms with Crippen molar-refractivity contribution in [1.82, 2.24) is 0 Å². The molecule has 0 saturated heterocycles. The Morgan fingerprint density at radius 2 is 1.66 bits per heavy atom. The average Bonchev–Trinajstić information content (AvgIpc) is 3.09. The van der Waals surface area contributed by atoms with Gasteiger partial charge < -0.3 is 5.11 Å². The fourth-order valence-corrected chi connectivity index (χ4v) is 4.08. The van der Waals surface area contributed by atoms with Crippen LogP contribution >= 0.6 is 0 Å². The van der Waals surface area contributed by atoms with Crippen LogP contribution < -0.4 is 4.90 Å². The number of aryl methyl sites for hydroxylation is 2. The lowest BCUT2D eigenvalue weighted by atomic mass is 9.90. The SMILES string of the molecule is Cc1ccccc1C1C(C(=O)CCc2ccccc2)=C(O)C(=O)N1c1ccc(C#N)cc1. The number of hydrogen-bond donors (Lipinski definition) is 1. The van der Waals surface area contributed by atoms with Crippen molar-refractivity contribution in [3.63, 3.8) is 0 Å². The number of benzene rings is 3. The lowest BCUT2D eigenvalue weighted by molar-refractivity contribution is -0.118. The molecule has 1 amide bonds. The second-order valence-electron chi connectivity index (χ2n) is 7.76. The van der Waals surface area contributed by atoms with Crippen molar-refractivity contribution in [2.24, 2.45) is 0 Å². The molecule has 0 fully saturated rings. The maximum Gasteiger partial charge on any atom is 0.294 e. The summed E-state index contributed by atoms with van der Waals surface area (Å²) in [6.45, 7) is 1.91. The van der Waals surface area contributed by atoms with Crippen molar-refractivity contribution in [2.45, 2.75) is 25.8 Å². The predicted octanol–water partition coefficient (Wildman–Crippen LogP) is 4.97. The van der Waals surface area contributed by atoms with Gasteiger partial charge in [-0.2, -0.15) is 5.26 Å². The Hall–Kier alpha value is -4.17. The highest BCUT2D eigenvalue weighted by Gasteiger charge is 2.44. The molecule has 1 heterocycles. The number of amides is 1. The molecule has 1 aliphatic rings. The molecule has 158 valence electrons. The minimum atomic E-state index is -0.736. The normalized spacial score (nSPS) is 15.7. The summed E-state index contributed by atoms with van der Waals surface area (Å²) in [5.74, 6) is -1.39. The van der Waals surface area contributed by atoms with Gasteiger partial charge in [-0.3, -0.25) is 14.5 Å². The smallest absolute Gasteiger partial charge is 0.294 e. The molecule has 32 heavy (non-hydrogen) atoms. The summed E-state index contributed by atoms with van der Waals surface area (Å²) in [6, 6.07) is 25.0. The van der Waals surface area contributed by atoms with Crippen molar-refractivity contribution in [1.29, 1.82) is 5.26 Å². The molecule has 3 aromatic rings. The maximum atomic E-state index is 13.3.